The van der Waals surface area contributed by atoms with Crippen LogP contribution in [0.3, 0.4) is 0 Å². The van der Waals surface area contributed by atoms with Crippen molar-refractivity contribution in [2.75, 3.05) is 0 Å². The molecule has 4 nitrogen and oxygen atoms in total. The molecule has 1 aliphatic heterocycles. The van der Waals surface area contributed by atoms with Crippen molar-refractivity contribution in [1.82, 2.24) is 4.72 Å². The summed E-state index contributed by atoms with van der Waals surface area (Å²) in [4.78, 5) is 0.292. The van der Waals surface area contributed by atoms with Crippen LogP contribution in [0.2, 0.25) is 0 Å². The highest BCUT2D eigenvalue weighted by atomic mass is 32.2. The number of nitrogens with zero attached hydrogens (tertiary/aromatic N) is 1. The minimum Gasteiger partial charge on any atom is -0.207 e. The van der Waals surface area contributed by atoms with Crippen molar-refractivity contribution in [2.24, 2.45) is 0 Å². The maximum atomic E-state index is 11.5. The lowest BCUT2D eigenvalue weighted by atomic mass is 10.1. The molecule has 1 aromatic carbocycles. The normalized spacial score (nSPS) is 22.6. The molecule has 5 heteroatoms. The second-order valence-electron chi connectivity index (χ2n) is 3.07. The van der Waals surface area contributed by atoms with E-state index < -0.39 is 10.0 Å². The highest BCUT2D eigenvalue weighted by molar-refractivity contribution is 7.89. The molecule has 0 saturated carbocycles. The van der Waals surface area contributed by atoms with Crippen LogP contribution in [0, 0.1) is 11.3 Å². The van der Waals surface area contributed by atoms with Gasteiger partial charge in [0.2, 0.25) is 10.0 Å². The molecule has 0 spiro atoms. The molecule has 14 heavy (non-hydrogen) atoms. The Bertz CT molecular complexity index is 502. The standard InChI is InChI=1S/C9H8N2O2S/c10-6-5-8-7-3-1-2-4-9(7)14(12,13)11-8/h1-4,8,11H,5H2. The average Bonchev–Trinajstić information content (AvgIpc) is 2.41. The van der Waals surface area contributed by atoms with Gasteiger partial charge in [0.05, 0.1) is 23.4 Å². The summed E-state index contributed by atoms with van der Waals surface area (Å²) in [6, 6.07) is 8.30. The van der Waals surface area contributed by atoms with E-state index in [4.69, 9.17) is 5.26 Å². The van der Waals surface area contributed by atoms with Crippen LogP contribution in [0.25, 0.3) is 0 Å². The van der Waals surface area contributed by atoms with E-state index in [0.29, 0.717) is 10.5 Å². The fraction of sp³-hybridized carbons (Fsp3) is 0.222. The van der Waals surface area contributed by atoms with E-state index >= 15 is 0 Å². The molecule has 1 atom stereocenters. The Labute approximate surface area is 82.2 Å². The largest absolute Gasteiger partial charge is 0.241 e. The van der Waals surface area contributed by atoms with E-state index in [9.17, 15) is 8.42 Å². The summed E-state index contributed by atoms with van der Waals surface area (Å²) in [5, 5.41) is 8.54. The maximum absolute atomic E-state index is 11.5. The van der Waals surface area contributed by atoms with Crippen molar-refractivity contribution in [3.05, 3.63) is 29.8 Å². The summed E-state index contributed by atoms with van der Waals surface area (Å²) in [5.41, 5.74) is 0.689. The quantitative estimate of drug-likeness (QED) is 0.746. The average molecular weight is 208 g/mol. The number of rotatable bonds is 1. The van der Waals surface area contributed by atoms with Crippen LogP contribution in [-0.2, 0) is 10.0 Å². The van der Waals surface area contributed by atoms with E-state index in [-0.39, 0.29) is 12.5 Å². The fourth-order valence-corrected chi connectivity index (χ4v) is 3.06. The lowest BCUT2D eigenvalue weighted by Crippen LogP contribution is -2.19. The molecule has 1 unspecified atom stereocenters. The number of fused-ring (bicyclic) bond motifs is 1. The van der Waals surface area contributed by atoms with Gasteiger partial charge in [0.1, 0.15) is 0 Å². The minimum absolute atomic E-state index is 0.163. The topological polar surface area (TPSA) is 70.0 Å². The highest BCUT2D eigenvalue weighted by Gasteiger charge is 2.32. The first-order valence-electron chi connectivity index (χ1n) is 4.13. The lowest BCUT2D eigenvalue weighted by molar-refractivity contribution is 0.577. The third-order valence-electron chi connectivity index (χ3n) is 2.18. The monoisotopic (exact) mass is 208 g/mol. The van der Waals surface area contributed by atoms with E-state index in [1.807, 2.05) is 6.07 Å². The summed E-state index contributed by atoms with van der Waals surface area (Å²) in [6.07, 6.45) is 0.163. The van der Waals surface area contributed by atoms with Crippen LogP contribution in [0.5, 0.6) is 0 Å². The van der Waals surface area contributed by atoms with Gasteiger partial charge in [-0.1, -0.05) is 18.2 Å². The first-order chi connectivity index (χ1) is 6.65. The molecular weight excluding hydrogens is 200 g/mol. The maximum Gasteiger partial charge on any atom is 0.241 e. The van der Waals surface area contributed by atoms with Crippen LogP contribution < -0.4 is 4.72 Å². The number of hydrogen-bond acceptors (Lipinski definition) is 3. The third-order valence-corrected chi connectivity index (χ3v) is 3.72. The Hall–Kier alpha value is -1.38. The van der Waals surface area contributed by atoms with Crippen molar-refractivity contribution in [2.45, 2.75) is 17.4 Å². The summed E-state index contributed by atoms with van der Waals surface area (Å²) in [6.45, 7) is 0. The van der Waals surface area contributed by atoms with Gasteiger partial charge in [0.15, 0.2) is 0 Å². The lowest BCUT2D eigenvalue weighted by Gasteiger charge is -2.03. The summed E-state index contributed by atoms with van der Waals surface area (Å²) in [7, 11) is -3.38. The van der Waals surface area contributed by atoms with Crippen LogP contribution in [0.1, 0.15) is 18.0 Å². The first kappa shape index (κ1) is 9.19. The minimum atomic E-state index is -3.38. The Morgan fingerprint density at radius 3 is 2.86 bits per heavy atom. The molecule has 1 heterocycles. The zero-order valence-corrected chi connectivity index (χ0v) is 8.08. The van der Waals surface area contributed by atoms with Gasteiger partial charge < -0.3 is 0 Å². The van der Waals surface area contributed by atoms with Gasteiger partial charge in [-0.3, -0.25) is 0 Å². The number of hydrogen-bond donors (Lipinski definition) is 1. The van der Waals surface area contributed by atoms with Crippen LogP contribution in [0.15, 0.2) is 29.2 Å². The van der Waals surface area contributed by atoms with E-state index in [0.717, 1.165) is 0 Å². The van der Waals surface area contributed by atoms with Crippen LogP contribution >= 0.6 is 0 Å². The third kappa shape index (κ3) is 1.29. The Morgan fingerprint density at radius 2 is 2.14 bits per heavy atom. The van der Waals surface area contributed by atoms with Crippen LogP contribution in [-0.4, -0.2) is 8.42 Å². The van der Waals surface area contributed by atoms with Gasteiger partial charge in [-0.05, 0) is 11.6 Å². The molecule has 72 valence electrons. The highest BCUT2D eigenvalue weighted by Crippen LogP contribution is 2.31. The van der Waals surface area contributed by atoms with Crippen LogP contribution in [0.4, 0.5) is 0 Å². The van der Waals surface area contributed by atoms with E-state index in [1.165, 1.54) is 0 Å². The number of benzene rings is 1. The van der Waals surface area contributed by atoms with Gasteiger partial charge in [-0.15, -0.1) is 0 Å². The number of sulfonamides is 1. The summed E-state index contributed by atoms with van der Waals surface area (Å²) >= 11 is 0. The van der Waals surface area contributed by atoms with Gasteiger partial charge in [-0.25, -0.2) is 13.1 Å². The van der Waals surface area contributed by atoms with Gasteiger partial charge in [-0.2, -0.15) is 5.26 Å². The van der Waals surface area contributed by atoms with Gasteiger partial charge in [0, 0.05) is 0 Å². The second-order valence-corrected chi connectivity index (χ2v) is 4.76. The smallest absolute Gasteiger partial charge is 0.207 e. The summed E-state index contributed by atoms with van der Waals surface area (Å²) < 4.78 is 25.5. The Kier molecular flexibility index (Phi) is 2.02. The molecule has 0 saturated heterocycles. The van der Waals surface area contributed by atoms with Crippen molar-refractivity contribution >= 4 is 10.0 Å². The van der Waals surface area contributed by atoms with E-state index in [2.05, 4.69) is 4.72 Å². The molecular formula is C9H8N2O2S. The van der Waals surface area contributed by atoms with Crippen molar-refractivity contribution in [1.29, 1.82) is 5.26 Å². The number of nitrogens with one attached hydrogen (secondary N) is 1. The van der Waals surface area contributed by atoms with Gasteiger partial charge >= 0.3 is 0 Å². The predicted molar refractivity (Wildman–Crippen MR) is 49.7 cm³/mol. The molecule has 1 aliphatic rings. The molecule has 2 rings (SSSR count). The molecule has 0 radical (unpaired) electrons. The molecule has 0 amide bonds. The molecule has 0 fully saturated rings. The SMILES string of the molecule is N#CCC1NS(=O)(=O)c2ccccc21. The van der Waals surface area contributed by atoms with E-state index in [1.54, 1.807) is 24.3 Å². The Morgan fingerprint density at radius 1 is 1.43 bits per heavy atom. The molecule has 0 bridgehead atoms. The fourth-order valence-electron chi connectivity index (χ4n) is 1.57. The van der Waals surface area contributed by atoms with Gasteiger partial charge in [0.25, 0.3) is 0 Å². The molecule has 1 N–H and O–H groups in total. The van der Waals surface area contributed by atoms with Crippen molar-refractivity contribution in [3.8, 4) is 6.07 Å². The molecule has 1 aromatic rings. The molecule has 0 aromatic heterocycles. The first-order valence-corrected chi connectivity index (χ1v) is 5.61. The summed E-state index contributed by atoms with van der Waals surface area (Å²) in [5.74, 6) is 0. The Balaban J connectivity index is 2.56. The second kappa shape index (κ2) is 3.08. The van der Waals surface area contributed by atoms with Crippen molar-refractivity contribution in [3.63, 3.8) is 0 Å². The zero-order chi connectivity index (χ0) is 10.2. The molecule has 0 aliphatic carbocycles. The zero-order valence-electron chi connectivity index (χ0n) is 7.27. The number of nitriles is 1. The predicted octanol–water partition coefficient (Wildman–Crippen LogP) is 0.933. The van der Waals surface area contributed by atoms with Crippen molar-refractivity contribution < 1.29 is 8.42 Å².